The van der Waals surface area contributed by atoms with Crippen LogP contribution in [0.5, 0.6) is 46.0 Å². The molecule has 8 N–H and O–H groups in total. The van der Waals surface area contributed by atoms with Crippen molar-refractivity contribution in [3.05, 3.63) is 166 Å². The summed E-state index contributed by atoms with van der Waals surface area (Å²) in [6.07, 6.45) is 0.360. The molecular formula is C49H54O8. The van der Waals surface area contributed by atoms with Crippen molar-refractivity contribution in [2.45, 2.75) is 83.5 Å². The van der Waals surface area contributed by atoms with Gasteiger partial charge in [-0.25, -0.2) is 0 Å². The van der Waals surface area contributed by atoms with Gasteiger partial charge in [-0.15, -0.1) is 0 Å². The maximum atomic E-state index is 10.8. The summed E-state index contributed by atoms with van der Waals surface area (Å²) in [5, 5.41) is 80.7. The zero-order valence-electron chi connectivity index (χ0n) is 33.6. The number of benzene rings is 6. The highest BCUT2D eigenvalue weighted by atomic mass is 16.3. The molecule has 8 heteroatoms. The third-order valence-corrected chi connectivity index (χ3v) is 11.0. The molecule has 0 bridgehead atoms. The lowest BCUT2D eigenvalue weighted by Crippen LogP contribution is -2.27. The molecule has 0 saturated carbocycles. The Morgan fingerprint density at radius 2 is 0.684 bits per heavy atom. The van der Waals surface area contributed by atoms with Crippen molar-refractivity contribution in [1.82, 2.24) is 0 Å². The maximum absolute atomic E-state index is 10.8. The molecule has 0 amide bonds. The van der Waals surface area contributed by atoms with Gasteiger partial charge in [0.25, 0.3) is 0 Å². The van der Waals surface area contributed by atoms with E-state index in [1.54, 1.807) is 72.8 Å². The van der Waals surface area contributed by atoms with Gasteiger partial charge in [-0.05, 0) is 112 Å². The van der Waals surface area contributed by atoms with Crippen LogP contribution in [0.3, 0.4) is 0 Å². The first kappa shape index (κ1) is 41.9. The molecule has 8 nitrogen and oxygen atoms in total. The monoisotopic (exact) mass is 770 g/mol. The van der Waals surface area contributed by atoms with Gasteiger partial charge >= 0.3 is 0 Å². The maximum Gasteiger partial charge on any atom is 0.123 e. The number of rotatable bonds is 10. The van der Waals surface area contributed by atoms with Crippen molar-refractivity contribution in [2.24, 2.45) is 0 Å². The summed E-state index contributed by atoms with van der Waals surface area (Å²) in [6.45, 7) is 14.9. The highest BCUT2D eigenvalue weighted by molar-refractivity contribution is 5.55. The van der Waals surface area contributed by atoms with E-state index in [2.05, 4.69) is 41.5 Å². The lowest BCUT2D eigenvalue weighted by Gasteiger charge is -2.36. The van der Waals surface area contributed by atoms with Crippen LogP contribution >= 0.6 is 0 Å². The van der Waals surface area contributed by atoms with Crippen LogP contribution in [0.2, 0.25) is 0 Å². The first-order chi connectivity index (χ1) is 26.8. The molecule has 6 rings (SSSR count). The van der Waals surface area contributed by atoms with Crippen LogP contribution < -0.4 is 0 Å². The topological polar surface area (TPSA) is 162 Å². The fourth-order valence-corrected chi connectivity index (χ4v) is 7.93. The van der Waals surface area contributed by atoms with E-state index in [1.807, 2.05) is 31.2 Å². The highest BCUT2D eigenvalue weighted by Crippen LogP contribution is 2.50. The molecule has 0 heterocycles. The Morgan fingerprint density at radius 3 is 1.00 bits per heavy atom. The lowest BCUT2D eigenvalue weighted by molar-refractivity contribution is 0.397. The second kappa shape index (κ2) is 16.8. The summed E-state index contributed by atoms with van der Waals surface area (Å²) < 4.78 is 0. The van der Waals surface area contributed by atoms with Gasteiger partial charge in [0.05, 0.1) is 0 Å². The average Bonchev–Trinajstić information content (AvgIpc) is 3.14. The van der Waals surface area contributed by atoms with Gasteiger partial charge in [0.2, 0.25) is 0 Å². The molecule has 57 heavy (non-hydrogen) atoms. The molecule has 0 spiro atoms. The predicted molar refractivity (Wildman–Crippen MR) is 225 cm³/mol. The summed E-state index contributed by atoms with van der Waals surface area (Å²) in [5.74, 6) is 0.812. The average molecular weight is 771 g/mol. The van der Waals surface area contributed by atoms with Crippen molar-refractivity contribution >= 4 is 0 Å². The van der Waals surface area contributed by atoms with E-state index in [-0.39, 0.29) is 45.8 Å². The molecule has 0 aromatic heterocycles. The number of phenolic OH excluding ortho intramolecular Hbond substituents is 8. The fourth-order valence-electron chi connectivity index (χ4n) is 7.93. The van der Waals surface area contributed by atoms with Gasteiger partial charge in [0.15, 0.2) is 0 Å². The van der Waals surface area contributed by atoms with Crippen LogP contribution in [0.15, 0.2) is 121 Å². The van der Waals surface area contributed by atoms with E-state index in [9.17, 15) is 40.9 Å². The van der Waals surface area contributed by atoms with Crippen molar-refractivity contribution < 1.29 is 40.9 Å². The zero-order chi connectivity index (χ0) is 41.8. The van der Waals surface area contributed by atoms with E-state index in [1.165, 1.54) is 35.4 Å². The zero-order valence-corrected chi connectivity index (χ0v) is 33.6. The van der Waals surface area contributed by atoms with Gasteiger partial charge < -0.3 is 40.9 Å². The summed E-state index contributed by atoms with van der Waals surface area (Å²) >= 11 is 0. The minimum Gasteiger partial charge on any atom is -0.508 e. The molecule has 298 valence electrons. The smallest absolute Gasteiger partial charge is 0.123 e. The van der Waals surface area contributed by atoms with E-state index in [4.69, 9.17) is 0 Å². The van der Waals surface area contributed by atoms with Crippen molar-refractivity contribution in [3.8, 4) is 46.0 Å². The fraction of sp³-hybridized carbons (Fsp3) is 0.265. The molecule has 0 fully saturated rings. The summed E-state index contributed by atoms with van der Waals surface area (Å²) in [4.78, 5) is 0. The largest absolute Gasteiger partial charge is 0.508 e. The SMILES string of the molecule is CC(C)c1cc(O)ccc1C(C)(C)c1ccc(O)cc1C(C)C.CC(CC(c1ccc(O)cc1)c1ccc(O)cc1)(c1ccc(O)cc1O)c1ccc(O)cc1O. The number of hydrogen-bond acceptors (Lipinski definition) is 8. The van der Waals surface area contributed by atoms with Crippen LogP contribution in [-0.4, -0.2) is 40.9 Å². The Labute approximate surface area is 335 Å². The minimum absolute atomic E-state index is 0.0906. The summed E-state index contributed by atoms with van der Waals surface area (Å²) in [5.41, 5.74) is 6.31. The van der Waals surface area contributed by atoms with E-state index < -0.39 is 5.41 Å². The van der Waals surface area contributed by atoms with Crippen LogP contribution in [0.25, 0.3) is 0 Å². The summed E-state index contributed by atoms with van der Waals surface area (Å²) in [7, 11) is 0. The van der Waals surface area contributed by atoms with Crippen molar-refractivity contribution in [3.63, 3.8) is 0 Å². The van der Waals surface area contributed by atoms with Gasteiger partial charge in [0.1, 0.15) is 46.0 Å². The quantitative estimate of drug-likeness (QED) is 0.0683. The Bertz CT molecular complexity index is 2150. The molecule has 0 saturated heterocycles. The molecule has 0 aliphatic heterocycles. The van der Waals surface area contributed by atoms with Gasteiger partial charge in [-0.2, -0.15) is 0 Å². The van der Waals surface area contributed by atoms with E-state index in [0.29, 0.717) is 40.9 Å². The van der Waals surface area contributed by atoms with Gasteiger partial charge in [-0.1, -0.05) is 97.0 Å². The second-order valence-corrected chi connectivity index (χ2v) is 16.2. The molecular weight excluding hydrogens is 717 g/mol. The number of aromatic hydroxyl groups is 8. The lowest BCUT2D eigenvalue weighted by atomic mass is 9.67. The van der Waals surface area contributed by atoms with Crippen molar-refractivity contribution in [1.29, 1.82) is 0 Å². The Morgan fingerprint density at radius 1 is 0.386 bits per heavy atom. The highest BCUT2D eigenvalue weighted by Gasteiger charge is 2.38. The van der Waals surface area contributed by atoms with E-state index >= 15 is 0 Å². The summed E-state index contributed by atoms with van der Waals surface area (Å²) in [6, 6.07) is 33.6. The third-order valence-electron chi connectivity index (χ3n) is 11.0. The molecule has 0 unspecified atom stereocenters. The Kier molecular flexibility index (Phi) is 12.4. The molecule has 0 aliphatic carbocycles. The van der Waals surface area contributed by atoms with Gasteiger partial charge in [-0.3, -0.25) is 0 Å². The predicted octanol–water partition coefficient (Wildman–Crippen LogP) is 11.1. The van der Waals surface area contributed by atoms with E-state index in [0.717, 1.165) is 22.3 Å². The molecule has 0 radical (unpaired) electrons. The first-order valence-electron chi connectivity index (χ1n) is 19.1. The standard InChI is InChI=1S/C28H26O6.C21H28O2/c1-28(24-12-10-21(31)14-26(24)33,25-13-11-22(32)15-27(25)34)16-23(17-2-6-19(29)7-3-17)18-4-8-20(30)9-5-18;1-13(2)17-11-15(22)7-9-19(17)21(5,6)20-10-8-16(23)12-18(20)14(3)4/h2-15,23,29-34H,16H2,1H3;7-14,22-23H,1-6H3. The van der Waals surface area contributed by atoms with Crippen LogP contribution in [0, 0.1) is 0 Å². The van der Waals surface area contributed by atoms with Crippen LogP contribution in [-0.2, 0) is 10.8 Å². The molecule has 6 aromatic carbocycles. The Hall–Kier alpha value is -6.28. The Balaban J connectivity index is 0.000000235. The molecule has 0 aliphatic rings. The normalized spacial score (nSPS) is 11.8. The number of phenols is 8. The van der Waals surface area contributed by atoms with Crippen LogP contribution in [0.4, 0.5) is 0 Å². The second-order valence-electron chi connectivity index (χ2n) is 16.2. The van der Waals surface area contributed by atoms with Crippen molar-refractivity contribution in [2.75, 3.05) is 0 Å². The van der Waals surface area contributed by atoms with Crippen LogP contribution in [0.1, 0.15) is 117 Å². The number of hydrogen-bond donors (Lipinski definition) is 8. The third kappa shape index (κ3) is 9.24. The molecule has 6 aromatic rings. The first-order valence-corrected chi connectivity index (χ1v) is 19.1. The van der Waals surface area contributed by atoms with Gasteiger partial charge in [0, 0.05) is 40.0 Å². The molecule has 0 atom stereocenters. The minimum atomic E-state index is -0.976.